The number of nitrogens with zero attached hydrogens (tertiary/aromatic N) is 2. The molecule has 0 N–H and O–H groups in total. The summed E-state index contributed by atoms with van der Waals surface area (Å²) in [4.78, 5) is -5.36. The van der Waals surface area contributed by atoms with Gasteiger partial charge in [0.25, 0.3) is 0 Å². The Kier molecular flexibility index (Phi) is 7.40. The number of halogens is 20. The van der Waals surface area contributed by atoms with Gasteiger partial charge in [-0.05, 0) is 0 Å². The first-order valence-electron chi connectivity index (χ1n) is 7.62. The Morgan fingerprint density at radius 1 is 0.429 bits per heavy atom. The number of alkyl halides is 20. The average Bonchev–Trinajstić information content (AvgIpc) is 2.86. The molecule has 0 aromatic rings. The first kappa shape index (κ1) is 31.5. The molecule has 0 atom stereocenters. The molecule has 1 heterocycles. The van der Waals surface area contributed by atoms with Crippen LogP contribution in [0.1, 0.15) is 0 Å². The minimum absolute atomic E-state index is 1.53. The first-order valence-corrected chi connectivity index (χ1v) is 7.62. The van der Waals surface area contributed by atoms with Crippen LogP contribution in [0, 0.1) is 0 Å². The van der Waals surface area contributed by atoms with Crippen LogP contribution in [-0.2, 0) is 9.47 Å². The lowest BCUT2D eigenvalue weighted by atomic mass is 10.4. The molecule has 4 nitrogen and oxygen atoms in total. The van der Waals surface area contributed by atoms with Gasteiger partial charge in [0.2, 0.25) is 0 Å². The van der Waals surface area contributed by atoms with E-state index in [9.17, 15) is 87.8 Å². The molecule has 0 unspecified atom stereocenters. The molecule has 210 valence electrons. The van der Waals surface area contributed by atoms with Crippen LogP contribution in [0.25, 0.3) is 0 Å². The SMILES string of the molecule is FC1(F)N(C(F)(F)C(F)(F)OC(F)(F)C(F)(F)F)CCN1C(F)(F)C(F)(F)OC(F)(F)C(F)(F)F. The maximum absolute atomic E-state index is 14.0. The van der Waals surface area contributed by atoms with Gasteiger partial charge < -0.3 is 0 Å². The Hall–Kier alpha value is -1.56. The molecule has 1 fully saturated rings. The monoisotopic (exact) mass is 576 g/mol. The zero-order valence-corrected chi connectivity index (χ0v) is 15.2. The predicted molar refractivity (Wildman–Crippen MR) is 62.3 cm³/mol. The standard InChI is InChI=1S/C11H4F20N2O2/c12-3(13,14)7(22,23)34-9(26,27)5(18,19)32-1-2-33(11(32,30)31)6(20,21)10(28,29)35-8(24,25)4(15,16)17/h1-2H2. The van der Waals surface area contributed by atoms with Crippen LogP contribution in [0.4, 0.5) is 87.8 Å². The van der Waals surface area contributed by atoms with Crippen LogP contribution in [0.5, 0.6) is 0 Å². The second-order valence-electron chi connectivity index (χ2n) is 6.16. The predicted octanol–water partition coefficient (Wildman–Crippen LogP) is 5.87. The lowest BCUT2D eigenvalue weighted by Gasteiger charge is -2.41. The van der Waals surface area contributed by atoms with Gasteiger partial charge >= 0.3 is 55.1 Å². The Bertz CT molecular complexity index is 710. The molecule has 1 aliphatic heterocycles. The van der Waals surface area contributed by atoms with E-state index in [0.29, 0.717) is 0 Å². The summed E-state index contributed by atoms with van der Waals surface area (Å²) >= 11 is 0. The van der Waals surface area contributed by atoms with E-state index in [1.807, 2.05) is 0 Å². The van der Waals surface area contributed by atoms with Gasteiger partial charge in [-0.1, -0.05) is 0 Å². The van der Waals surface area contributed by atoms with E-state index in [1.165, 1.54) is 9.47 Å². The van der Waals surface area contributed by atoms with Crippen LogP contribution < -0.4 is 0 Å². The van der Waals surface area contributed by atoms with Crippen molar-refractivity contribution < 1.29 is 97.3 Å². The lowest BCUT2D eigenvalue weighted by molar-refractivity contribution is -0.524. The zero-order chi connectivity index (χ0) is 28.5. The normalized spacial score (nSPS) is 20.6. The summed E-state index contributed by atoms with van der Waals surface area (Å²) < 4.78 is 261. The average molecular weight is 576 g/mol. The van der Waals surface area contributed by atoms with E-state index in [1.54, 1.807) is 0 Å². The summed E-state index contributed by atoms with van der Waals surface area (Å²) in [5.41, 5.74) is 0. The van der Waals surface area contributed by atoms with Crippen LogP contribution in [-0.4, -0.2) is 77.9 Å². The Morgan fingerprint density at radius 2 is 0.657 bits per heavy atom. The second kappa shape index (κ2) is 8.22. The maximum atomic E-state index is 14.0. The highest BCUT2D eigenvalue weighted by atomic mass is 19.4. The molecular formula is C11H4F20N2O2. The molecular weight excluding hydrogens is 572 g/mol. The molecule has 0 amide bonds. The van der Waals surface area contributed by atoms with E-state index in [4.69, 9.17) is 0 Å². The topological polar surface area (TPSA) is 24.9 Å². The fraction of sp³-hybridized carbons (Fsp3) is 1.00. The van der Waals surface area contributed by atoms with Gasteiger partial charge in [-0.25, -0.2) is 9.47 Å². The highest BCUT2D eigenvalue weighted by Crippen LogP contribution is 2.54. The largest absolute Gasteiger partial charge is 0.483 e. The number of rotatable bonds is 8. The molecule has 0 spiro atoms. The second-order valence-corrected chi connectivity index (χ2v) is 6.16. The molecule has 0 bridgehead atoms. The maximum Gasteiger partial charge on any atom is 0.483 e. The quantitative estimate of drug-likeness (QED) is 0.267. The first-order chi connectivity index (χ1) is 14.9. The van der Waals surface area contributed by atoms with Crippen molar-refractivity contribution in [2.45, 2.75) is 55.1 Å². The van der Waals surface area contributed by atoms with Crippen molar-refractivity contribution >= 4 is 0 Å². The van der Waals surface area contributed by atoms with Gasteiger partial charge in [0.15, 0.2) is 0 Å². The molecule has 0 aliphatic carbocycles. The van der Waals surface area contributed by atoms with Crippen molar-refractivity contribution in [1.29, 1.82) is 0 Å². The van der Waals surface area contributed by atoms with E-state index in [0.717, 1.165) is 0 Å². The molecule has 1 saturated heterocycles. The molecule has 24 heteroatoms. The Labute approximate surface area is 176 Å². The summed E-state index contributed by atoms with van der Waals surface area (Å²) in [6.45, 7) is -5.48. The van der Waals surface area contributed by atoms with Crippen molar-refractivity contribution in [2.75, 3.05) is 13.1 Å². The van der Waals surface area contributed by atoms with E-state index in [-0.39, 0.29) is 0 Å². The molecule has 0 saturated carbocycles. The van der Waals surface area contributed by atoms with Gasteiger partial charge in [0.05, 0.1) is 0 Å². The van der Waals surface area contributed by atoms with Crippen molar-refractivity contribution in [3.8, 4) is 0 Å². The fourth-order valence-corrected chi connectivity index (χ4v) is 2.11. The summed E-state index contributed by atoms with van der Waals surface area (Å²) in [6, 6.07) is -14.3. The summed E-state index contributed by atoms with van der Waals surface area (Å²) in [5.74, 6) is 0. The highest BCUT2D eigenvalue weighted by Gasteiger charge is 2.80. The number of hydrogen-bond donors (Lipinski definition) is 0. The highest BCUT2D eigenvalue weighted by molar-refractivity contribution is 4.95. The van der Waals surface area contributed by atoms with Crippen molar-refractivity contribution in [2.24, 2.45) is 0 Å². The lowest BCUT2D eigenvalue weighted by Crippen LogP contribution is -2.67. The van der Waals surface area contributed by atoms with E-state index >= 15 is 0 Å². The molecule has 0 aromatic heterocycles. The third-order valence-corrected chi connectivity index (χ3v) is 3.75. The molecule has 0 radical (unpaired) electrons. The smallest absolute Gasteiger partial charge is 0.242 e. The van der Waals surface area contributed by atoms with Gasteiger partial charge in [0.1, 0.15) is 0 Å². The summed E-state index contributed by atoms with van der Waals surface area (Å²) in [5, 5.41) is 0. The molecule has 35 heavy (non-hydrogen) atoms. The van der Waals surface area contributed by atoms with Crippen molar-refractivity contribution in [3.05, 3.63) is 0 Å². The van der Waals surface area contributed by atoms with Crippen LogP contribution in [0.2, 0.25) is 0 Å². The van der Waals surface area contributed by atoms with Gasteiger partial charge in [-0.3, -0.25) is 0 Å². The number of ether oxygens (including phenoxy) is 2. The van der Waals surface area contributed by atoms with E-state index < -0.39 is 77.9 Å². The van der Waals surface area contributed by atoms with Crippen molar-refractivity contribution in [3.63, 3.8) is 0 Å². The summed E-state index contributed by atoms with van der Waals surface area (Å²) in [6.07, 6.45) is -50.1. The van der Waals surface area contributed by atoms with Crippen LogP contribution in [0.3, 0.4) is 0 Å². The number of hydrogen-bond acceptors (Lipinski definition) is 4. The third kappa shape index (κ3) is 5.28. The van der Waals surface area contributed by atoms with E-state index in [2.05, 4.69) is 0 Å². The van der Waals surface area contributed by atoms with Crippen LogP contribution in [0.15, 0.2) is 0 Å². The van der Waals surface area contributed by atoms with Crippen molar-refractivity contribution in [1.82, 2.24) is 9.80 Å². The fourth-order valence-electron chi connectivity index (χ4n) is 2.11. The van der Waals surface area contributed by atoms with Gasteiger partial charge in [0, 0.05) is 13.1 Å². The van der Waals surface area contributed by atoms with Crippen LogP contribution >= 0.6 is 0 Å². The minimum atomic E-state index is -7.34. The zero-order valence-electron chi connectivity index (χ0n) is 15.2. The Morgan fingerprint density at radius 3 is 0.857 bits per heavy atom. The minimum Gasteiger partial charge on any atom is -0.242 e. The molecule has 0 aromatic carbocycles. The summed E-state index contributed by atoms with van der Waals surface area (Å²) in [7, 11) is 0. The molecule has 1 rings (SSSR count). The van der Waals surface area contributed by atoms with Gasteiger partial charge in [-0.15, -0.1) is 0 Å². The molecule has 1 aliphatic rings. The van der Waals surface area contributed by atoms with Gasteiger partial charge in [-0.2, -0.15) is 97.6 Å². The third-order valence-electron chi connectivity index (χ3n) is 3.75. The Balaban J connectivity index is 3.36.